The van der Waals surface area contributed by atoms with E-state index in [0.29, 0.717) is 0 Å². The number of halogens is 3. The van der Waals surface area contributed by atoms with Gasteiger partial charge in [-0.1, -0.05) is 18.2 Å². The predicted octanol–water partition coefficient (Wildman–Crippen LogP) is 4.02. The smallest absolute Gasteiger partial charge is 0.387 e. The molecule has 0 aliphatic rings. The van der Waals surface area contributed by atoms with Crippen molar-refractivity contribution in [2.24, 2.45) is 0 Å². The Labute approximate surface area is 164 Å². The lowest BCUT2D eigenvalue weighted by Gasteiger charge is -2.13. The maximum absolute atomic E-state index is 13.1. The third-order valence-corrected chi connectivity index (χ3v) is 3.59. The minimum Gasteiger partial charge on any atom is -0.493 e. The number of para-hydroxylation sites is 1. The Morgan fingerprint density at radius 3 is 2.52 bits per heavy atom. The molecule has 0 spiro atoms. The lowest BCUT2D eigenvalue weighted by Crippen LogP contribution is -2.29. The summed E-state index contributed by atoms with van der Waals surface area (Å²) in [6, 6.07) is 9.60. The molecule has 0 saturated carbocycles. The Hall–Kier alpha value is -3.49. The first-order valence-corrected chi connectivity index (χ1v) is 8.37. The van der Waals surface area contributed by atoms with Gasteiger partial charge in [-0.05, 0) is 37.3 Å². The van der Waals surface area contributed by atoms with Crippen LogP contribution in [-0.2, 0) is 14.3 Å². The summed E-state index contributed by atoms with van der Waals surface area (Å²) < 4.78 is 52.7. The van der Waals surface area contributed by atoms with Gasteiger partial charge in [-0.25, -0.2) is 9.18 Å². The Kier molecular flexibility index (Phi) is 7.64. The largest absolute Gasteiger partial charge is 0.493 e. The van der Waals surface area contributed by atoms with Crippen molar-refractivity contribution in [3.63, 3.8) is 0 Å². The summed E-state index contributed by atoms with van der Waals surface area (Å²) in [5.41, 5.74) is 0.358. The molecule has 1 atom stereocenters. The van der Waals surface area contributed by atoms with Gasteiger partial charge in [-0.3, -0.25) is 4.79 Å². The highest BCUT2D eigenvalue weighted by Crippen LogP contribution is 2.33. The van der Waals surface area contributed by atoms with E-state index in [1.54, 1.807) is 0 Å². The molecule has 154 valence electrons. The molecule has 1 N–H and O–H groups in total. The summed E-state index contributed by atoms with van der Waals surface area (Å²) >= 11 is 0. The van der Waals surface area contributed by atoms with Gasteiger partial charge in [0.05, 0.1) is 7.11 Å². The number of alkyl halides is 2. The molecule has 1 amide bonds. The van der Waals surface area contributed by atoms with Crippen molar-refractivity contribution in [2.45, 2.75) is 19.6 Å². The maximum Gasteiger partial charge on any atom is 0.387 e. The van der Waals surface area contributed by atoms with Gasteiger partial charge < -0.3 is 19.5 Å². The number of ether oxygens (including phenoxy) is 3. The van der Waals surface area contributed by atoms with Crippen molar-refractivity contribution < 1.29 is 37.0 Å². The van der Waals surface area contributed by atoms with Crippen LogP contribution in [0.2, 0.25) is 0 Å². The van der Waals surface area contributed by atoms with Gasteiger partial charge in [-0.15, -0.1) is 0 Å². The van der Waals surface area contributed by atoms with Crippen LogP contribution in [0, 0.1) is 5.82 Å². The van der Waals surface area contributed by atoms with E-state index >= 15 is 0 Å². The summed E-state index contributed by atoms with van der Waals surface area (Å²) in [5, 5.41) is 2.41. The number of carbonyl (C=O) groups excluding carboxylic acids is 2. The second kappa shape index (κ2) is 10.2. The highest BCUT2D eigenvalue weighted by Gasteiger charge is 2.18. The molecular formula is C20H18F3NO5. The minimum atomic E-state index is -3.09. The fourth-order valence-electron chi connectivity index (χ4n) is 2.27. The van der Waals surface area contributed by atoms with E-state index in [1.165, 1.54) is 56.5 Å². The van der Waals surface area contributed by atoms with E-state index in [4.69, 9.17) is 9.47 Å². The molecule has 9 heteroatoms. The van der Waals surface area contributed by atoms with Gasteiger partial charge in [-0.2, -0.15) is 8.78 Å². The summed E-state index contributed by atoms with van der Waals surface area (Å²) in [4.78, 5) is 24.0. The van der Waals surface area contributed by atoms with Crippen molar-refractivity contribution in [3.8, 4) is 11.5 Å². The molecule has 0 bridgehead atoms. The topological polar surface area (TPSA) is 73.9 Å². The number of hydrogen-bond donors (Lipinski definition) is 1. The molecule has 2 rings (SSSR count). The van der Waals surface area contributed by atoms with Crippen LogP contribution >= 0.6 is 0 Å². The number of esters is 1. The monoisotopic (exact) mass is 409 g/mol. The number of hydrogen-bond acceptors (Lipinski definition) is 5. The van der Waals surface area contributed by atoms with E-state index < -0.39 is 30.4 Å². The van der Waals surface area contributed by atoms with Gasteiger partial charge in [0.25, 0.3) is 5.91 Å². The molecule has 2 aromatic rings. The van der Waals surface area contributed by atoms with Crippen LogP contribution in [-0.4, -0.2) is 31.7 Å². The average molecular weight is 409 g/mol. The highest BCUT2D eigenvalue weighted by atomic mass is 19.3. The molecule has 0 aliphatic heterocycles. The van der Waals surface area contributed by atoms with Crippen molar-refractivity contribution in [1.29, 1.82) is 0 Å². The molecule has 0 aromatic heterocycles. The number of nitrogens with one attached hydrogen (secondary N) is 1. The Balaban J connectivity index is 2.03. The first-order chi connectivity index (χ1) is 13.8. The molecule has 29 heavy (non-hydrogen) atoms. The molecule has 0 aliphatic carbocycles. The number of amides is 1. The second-order valence-electron chi connectivity index (χ2n) is 5.67. The first-order valence-electron chi connectivity index (χ1n) is 8.37. The van der Waals surface area contributed by atoms with Crippen LogP contribution in [0.25, 0.3) is 6.08 Å². The summed E-state index contributed by atoms with van der Waals surface area (Å²) in [6.07, 6.45) is 0.969. The van der Waals surface area contributed by atoms with Gasteiger partial charge >= 0.3 is 12.6 Å². The Morgan fingerprint density at radius 2 is 1.86 bits per heavy atom. The number of benzene rings is 2. The van der Waals surface area contributed by atoms with Crippen LogP contribution < -0.4 is 14.8 Å². The Bertz CT molecular complexity index is 901. The zero-order valence-electron chi connectivity index (χ0n) is 15.5. The van der Waals surface area contributed by atoms with Crippen molar-refractivity contribution >= 4 is 23.6 Å². The van der Waals surface area contributed by atoms with Crippen LogP contribution in [0.5, 0.6) is 11.5 Å². The maximum atomic E-state index is 13.1. The van der Waals surface area contributed by atoms with Crippen LogP contribution in [0.4, 0.5) is 18.9 Å². The molecule has 0 unspecified atom stereocenters. The number of methoxy groups -OCH3 is 1. The SMILES string of the molecule is COc1cccc(/C=C/C(=O)O[C@H](C)C(=O)Nc2cccc(F)c2)c1OC(F)F. The normalized spacial score (nSPS) is 11.9. The number of carbonyl (C=O) groups is 2. The van der Waals surface area contributed by atoms with Crippen LogP contribution in [0.3, 0.4) is 0 Å². The fraction of sp³-hybridized carbons (Fsp3) is 0.200. The minimum absolute atomic E-state index is 0.0589. The molecule has 0 radical (unpaired) electrons. The zero-order chi connectivity index (χ0) is 21.4. The van der Waals surface area contributed by atoms with E-state index in [1.807, 2.05) is 0 Å². The summed E-state index contributed by atoms with van der Waals surface area (Å²) in [5.74, 6) is -2.27. The van der Waals surface area contributed by atoms with Gasteiger partial charge in [0.15, 0.2) is 17.6 Å². The van der Waals surface area contributed by atoms with Gasteiger partial charge in [0.1, 0.15) is 5.82 Å². The highest BCUT2D eigenvalue weighted by molar-refractivity contribution is 5.96. The zero-order valence-corrected chi connectivity index (χ0v) is 15.5. The predicted molar refractivity (Wildman–Crippen MR) is 99.2 cm³/mol. The third-order valence-electron chi connectivity index (χ3n) is 3.59. The first kappa shape index (κ1) is 21.8. The number of anilines is 1. The van der Waals surface area contributed by atoms with Crippen LogP contribution in [0.15, 0.2) is 48.5 Å². The molecule has 0 heterocycles. The average Bonchev–Trinajstić information content (AvgIpc) is 2.66. The molecule has 6 nitrogen and oxygen atoms in total. The standard InChI is InChI=1S/C20H18F3NO5/c1-12(19(26)24-15-7-4-6-14(21)11-15)28-17(25)10-9-13-5-3-8-16(27-2)18(13)29-20(22)23/h3-12,20H,1-2H3,(H,24,26)/b10-9+/t12-/m1/s1. The summed E-state index contributed by atoms with van der Waals surface area (Å²) in [6.45, 7) is -1.76. The Morgan fingerprint density at radius 1 is 1.14 bits per heavy atom. The lowest BCUT2D eigenvalue weighted by molar-refractivity contribution is -0.148. The van der Waals surface area contributed by atoms with Crippen molar-refractivity contribution in [1.82, 2.24) is 0 Å². The number of rotatable bonds is 8. The van der Waals surface area contributed by atoms with E-state index in [0.717, 1.165) is 12.1 Å². The van der Waals surface area contributed by atoms with E-state index in [-0.39, 0.29) is 22.7 Å². The van der Waals surface area contributed by atoms with Crippen molar-refractivity contribution in [2.75, 3.05) is 12.4 Å². The van der Waals surface area contributed by atoms with Crippen molar-refractivity contribution in [3.05, 3.63) is 59.9 Å². The molecule has 2 aromatic carbocycles. The van der Waals surface area contributed by atoms with Crippen LogP contribution in [0.1, 0.15) is 12.5 Å². The fourth-order valence-corrected chi connectivity index (χ4v) is 2.27. The summed E-state index contributed by atoms with van der Waals surface area (Å²) in [7, 11) is 1.29. The van der Waals surface area contributed by atoms with Gasteiger partial charge in [0, 0.05) is 17.3 Å². The molecular weight excluding hydrogens is 391 g/mol. The second-order valence-corrected chi connectivity index (χ2v) is 5.67. The molecule has 0 fully saturated rings. The van der Waals surface area contributed by atoms with E-state index in [2.05, 4.69) is 10.1 Å². The quantitative estimate of drug-likeness (QED) is 0.527. The lowest BCUT2D eigenvalue weighted by atomic mass is 10.1. The molecule has 0 saturated heterocycles. The van der Waals surface area contributed by atoms with Gasteiger partial charge in [0.2, 0.25) is 0 Å². The van der Waals surface area contributed by atoms with E-state index in [9.17, 15) is 22.8 Å². The third kappa shape index (κ3) is 6.56.